The Hall–Kier alpha value is -2.90. The molecule has 1 aromatic carbocycles. The molecule has 8 heteroatoms. The van der Waals surface area contributed by atoms with E-state index >= 15 is 0 Å². The van der Waals surface area contributed by atoms with Crippen LogP contribution in [0.4, 0.5) is 5.69 Å². The Labute approximate surface area is 157 Å². The predicted molar refractivity (Wildman–Crippen MR) is 96.6 cm³/mol. The number of hydrogen-bond donors (Lipinski definition) is 2. The minimum Gasteiger partial charge on any atom is -0.455 e. The summed E-state index contributed by atoms with van der Waals surface area (Å²) in [5.74, 6) is -2.10. The number of likely N-dealkylation sites (tertiary alicyclic amines) is 1. The molecule has 8 nitrogen and oxygen atoms in total. The smallest absolute Gasteiger partial charge is 0.311 e. The third-order valence-corrected chi connectivity index (χ3v) is 5.06. The number of nitrogens with one attached hydrogen (secondary N) is 1. The fourth-order valence-corrected chi connectivity index (χ4v) is 3.63. The predicted octanol–water partition coefficient (Wildman–Crippen LogP) is 1.06. The number of primary amides is 1. The lowest BCUT2D eigenvalue weighted by Crippen LogP contribution is -2.35. The molecule has 3 rings (SSSR count). The Morgan fingerprint density at radius 2 is 1.81 bits per heavy atom. The van der Waals surface area contributed by atoms with Crippen LogP contribution in [0.25, 0.3) is 0 Å². The summed E-state index contributed by atoms with van der Waals surface area (Å²) in [6, 6.07) is 6.29. The average molecular weight is 373 g/mol. The summed E-state index contributed by atoms with van der Waals surface area (Å²) in [5.41, 5.74) is 5.95. The van der Waals surface area contributed by atoms with Crippen LogP contribution < -0.4 is 11.1 Å². The Kier molecular flexibility index (Phi) is 5.73. The van der Waals surface area contributed by atoms with Crippen molar-refractivity contribution in [3.8, 4) is 0 Å². The molecule has 3 amide bonds. The third kappa shape index (κ3) is 4.64. The highest BCUT2D eigenvalue weighted by atomic mass is 16.5. The number of carbonyl (C=O) groups excluding carboxylic acids is 4. The largest absolute Gasteiger partial charge is 0.455 e. The van der Waals surface area contributed by atoms with Gasteiger partial charge >= 0.3 is 5.97 Å². The lowest BCUT2D eigenvalue weighted by molar-refractivity contribution is -0.151. The van der Waals surface area contributed by atoms with Gasteiger partial charge in [0.25, 0.3) is 5.91 Å². The van der Waals surface area contributed by atoms with E-state index in [0.717, 1.165) is 25.7 Å². The zero-order valence-electron chi connectivity index (χ0n) is 15.0. The standard InChI is InChI=1S/C19H23N3O5/c20-18(25)12-5-7-14(8-6-12)21-16(23)11-27-19(26)13-9-17(24)22(10-13)15-3-1-2-4-15/h5-8,13,15H,1-4,9-11H2,(H2,20,25)(H,21,23)/t13-/m0/s1. The second-order valence-corrected chi connectivity index (χ2v) is 6.98. The molecule has 3 N–H and O–H groups in total. The van der Waals surface area contributed by atoms with E-state index in [1.165, 1.54) is 24.3 Å². The fourth-order valence-electron chi connectivity index (χ4n) is 3.63. The van der Waals surface area contributed by atoms with E-state index in [0.29, 0.717) is 17.8 Å². The highest BCUT2D eigenvalue weighted by Crippen LogP contribution is 2.29. The molecule has 1 aliphatic heterocycles. The molecule has 1 saturated heterocycles. The van der Waals surface area contributed by atoms with E-state index in [1.807, 2.05) is 0 Å². The first-order valence-electron chi connectivity index (χ1n) is 9.10. The number of hydrogen-bond acceptors (Lipinski definition) is 5. The number of esters is 1. The number of nitrogens with two attached hydrogens (primary N) is 1. The number of rotatable bonds is 6. The van der Waals surface area contributed by atoms with Crippen molar-refractivity contribution in [2.75, 3.05) is 18.5 Å². The molecule has 0 spiro atoms. The second-order valence-electron chi connectivity index (χ2n) is 6.98. The Morgan fingerprint density at radius 3 is 2.44 bits per heavy atom. The van der Waals surface area contributed by atoms with Crippen LogP contribution >= 0.6 is 0 Å². The number of ether oxygens (including phenoxy) is 1. The van der Waals surface area contributed by atoms with Crippen LogP contribution in [0.5, 0.6) is 0 Å². The van der Waals surface area contributed by atoms with Gasteiger partial charge in [-0.3, -0.25) is 19.2 Å². The van der Waals surface area contributed by atoms with Gasteiger partial charge in [-0.25, -0.2) is 0 Å². The molecule has 0 radical (unpaired) electrons. The topological polar surface area (TPSA) is 119 Å². The van der Waals surface area contributed by atoms with Crippen LogP contribution in [-0.4, -0.2) is 47.8 Å². The van der Waals surface area contributed by atoms with Crippen LogP contribution in [0, 0.1) is 5.92 Å². The van der Waals surface area contributed by atoms with Crippen molar-refractivity contribution in [3.05, 3.63) is 29.8 Å². The van der Waals surface area contributed by atoms with E-state index < -0.39 is 30.3 Å². The number of carbonyl (C=O) groups is 4. The van der Waals surface area contributed by atoms with E-state index in [2.05, 4.69) is 5.32 Å². The molecule has 27 heavy (non-hydrogen) atoms. The maximum Gasteiger partial charge on any atom is 0.311 e. The summed E-state index contributed by atoms with van der Waals surface area (Å²) < 4.78 is 5.08. The van der Waals surface area contributed by atoms with Crippen molar-refractivity contribution in [2.45, 2.75) is 38.1 Å². The molecule has 1 aliphatic carbocycles. The summed E-state index contributed by atoms with van der Waals surface area (Å²) in [5, 5.41) is 2.57. The monoisotopic (exact) mass is 373 g/mol. The zero-order valence-corrected chi connectivity index (χ0v) is 15.0. The molecule has 144 valence electrons. The normalized spacial score (nSPS) is 19.9. The molecule has 0 bridgehead atoms. The molecule has 1 atom stereocenters. The highest BCUT2D eigenvalue weighted by molar-refractivity contribution is 5.96. The first kappa shape index (κ1) is 18.9. The first-order chi connectivity index (χ1) is 12.9. The van der Waals surface area contributed by atoms with Crippen LogP contribution in [0.3, 0.4) is 0 Å². The molecule has 0 aromatic heterocycles. The Balaban J connectivity index is 1.45. The SMILES string of the molecule is NC(=O)c1ccc(NC(=O)COC(=O)[C@H]2CC(=O)N(C3CCCC3)C2)cc1. The maximum absolute atomic E-state index is 12.2. The van der Waals surface area contributed by atoms with E-state index in [1.54, 1.807) is 4.90 Å². The Bertz CT molecular complexity index is 740. The van der Waals surface area contributed by atoms with Crippen LogP contribution in [0.2, 0.25) is 0 Å². The maximum atomic E-state index is 12.2. The van der Waals surface area contributed by atoms with Crippen LogP contribution in [0.1, 0.15) is 42.5 Å². The summed E-state index contributed by atoms with van der Waals surface area (Å²) in [7, 11) is 0. The lowest BCUT2D eigenvalue weighted by Gasteiger charge is -2.23. The van der Waals surface area contributed by atoms with Gasteiger partial charge in [0, 0.05) is 30.3 Å². The van der Waals surface area contributed by atoms with Gasteiger partial charge in [-0.05, 0) is 37.1 Å². The minimum absolute atomic E-state index is 0.0113. The first-order valence-corrected chi connectivity index (χ1v) is 9.10. The number of nitrogens with zero attached hydrogens (tertiary/aromatic N) is 1. The van der Waals surface area contributed by atoms with Crippen molar-refractivity contribution in [1.29, 1.82) is 0 Å². The summed E-state index contributed by atoms with van der Waals surface area (Å²) in [4.78, 5) is 49.1. The summed E-state index contributed by atoms with van der Waals surface area (Å²) in [6.45, 7) is -0.0525. The van der Waals surface area contributed by atoms with Gasteiger partial charge in [0.2, 0.25) is 11.8 Å². The Morgan fingerprint density at radius 1 is 1.15 bits per heavy atom. The molecule has 0 unspecified atom stereocenters. The van der Waals surface area contributed by atoms with Crippen molar-refractivity contribution in [3.63, 3.8) is 0 Å². The lowest BCUT2D eigenvalue weighted by atomic mass is 10.1. The van der Waals surface area contributed by atoms with Gasteiger partial charge in [-0.2, -0.15) is 0 Å². The van der Waals surface area contributed by atoms with Gasteiger partial charge in [0.15, 0.2) is 6.61 Å². The molecular formula is C19H23N3O5. The van der Waals surface area contributed by atoms with Gasteiger partial charge in [-0.15, -0.1) is 0 Å². The van der Waals surface area contributed by atoms with Crippen LogP contribution in [-0.2, 0) is 19.1 Å². The molecular weight excluding hydrogens is 350 g/mol. The van der Waals surface area contributed by atoms with Crippen LogP contribution in [0.15, 0.2) is 24.3 Å². The summed E-state index contributed by atoms with van der Waals surface area (Å²) >= 11 is 0. The van der Waals surface area contributed by atoms with Crippen molar-refractivity contribution in [1.82, 2.24) is 4.90 Å². The highest BCUT2D eigenvalue weighted by Gasteiger charge is 2.39. The zero-order chi connectivity index (χ0) is 19.4. The quantitative estimate of drug-likeness (QED) is 0.723. The number of amides is 3. The van der Waals surface area contributed by atoms with E-state index in [9.17, 15) is 19.2 Å². The van der Waals surface area contributed by atoms with Gasteiger partial charge in [-0.1, -0.05) is 12.8 Å². The molecule has 1 aromatic rings. The van der Waals surface area contributed by atoms with Crippen molar-refractivity contribution >= 4 is 29.4 Å². The molecule has 2 fully saturated rings. The van der Waals surface area contributed by atoms with Crippen molar-refractivity contribution in [2.24, 2.45) is 11.7 Å². The van der Waals surface area contributed by atoms with Gasteiger partial charge in [0.1, 0.15) is 0 Å². The second kappa shape index (κ2) is 8.20. The molecule has 2 aliphatic rings. The minimum atomic E-state index is -0.556. The average Bonchev–Trinajstić information content (AvgIpc) is 3.29. The third-order valence-electron chi connectivity index (χ3n) is 5.06. The van der Waals surface area contributed by atoms with E-state index in [-0.39, 0.29) is 18.4 Å². The molecule has 1 saturated carbocycles. The van der Waals surface area contributed by atoms with Gasteiger partial charge < -0.3 is 20.7 Å². The van der Waals surface area contributed by atoms with E-state index in [4.69, 9.17) is 10.5 Å². The van der Waals surface area contributed by atoms with Gasteiger partial charge in [0.05, 0.1) is 5.92 Å². The van der Waals surface area contributed by atoms with Crippen molar-refractivity contribution < 1.29 is 23.9 Å². The fraction of sp³-hybridized carbons (Fsp3) is 0.474. The molecule has 1 heterocycles. The number of benzene rings is 1. The summed E-state index contributed by atoms with van der Waals surface area (Å²) in [6.07, 6.45) is 4.36. The number of anilines is 1.